The molecule has 3 rings (SSSR count). The molecule has 1 fully saturated rings. The third kappa shape index (κ3) is 4.26. The normalized spacial score (nSPS) is 19.6. The highest BCUT2D eigenvalue weighted by Crippen LogP contribution is 2.27. The first-order chi connectivity index (χ1) is 11.9. The van der Waals surface area contributed by atoms with Crippen molar-refractivity contribution in [3.05, 3.63) is 23.2 Å². The number of amides is 2. The number of hydrogen-bond donors (Lipinski definition) is 3. The molecule has 2 amide bonds. The minimum Gasteiger partial charge on any atom is -0.480 e. The van der Waals surface area contributed by atoms with Crippen LogP contribution in [0.25, 0.3) is 10.2 Å². The molecule has 1 aliphatic rings. The first-order valence-corrected chi connectivity index (χ1v) is 9.16. The van der Waals surface area contributed by atoms with Crippen molar-refractivity contribution in [2.75, 3.05) is 18.4 Å². The lowest BCUT2D eigenvalue weighted by atomic mass is 9.85. The Labute approximate surface area is 150 Å². The molecule has 1 aromatic carbocycles. The number of hydrogen-bond acceptors (Lipinski definition) is 5. The fourth-order valence-electron chi connectivity index (χ4n) is 3.15. The first kappa shape index (κ1) is 17.6. The van der Waals surface area contributed by atoms with Gasteiger partial charge in [0.2, 0.25) is 0 Å². The van der Waals surface area contributed by atoms with E-state index in [2.05, 4.69) is 15.6 Å². The number of fused-ring (bicyclic) bond motifs is 1. The summed E-state index contributed by atoms with van der Waals surface area (Å²) in [5.41, 5.74) is 1.68. The number of carbonyl (C=O) groups is 2. The third-order valence-corrected chi connectivity index (χ3v) is 5.40. The topological polar surface area (TPSA) is 94.6 Å². The SMILES string of the molecule is CCN(CC(=O)O)C1CC(NC(=O)Nc2ccc3nc(C)sc3c2)C1. The predicted octanol–water partition coefficient (Wildman–Crippen LogP) is 2.66. The number of rotatable bonds is 6. The number of carbonyl (C=O) groups excluding carboxylic acids is 1. The average Bonchev–Trinajstić information content (AvgIpc) is 2.87. The minimum atomic E-state index is -0.815. The highest BCUT2D eigenvalue weighted by molar-refractivity contribution is 7.18. The molecule has 0 spiro atoms. The molecule has 0 aliphatic heterocycles. The number of nitrogens with one attached hydrogen (secondary N) is 2. The lowest BCUT2D eigenvalue weighted by molar-refractivity contribution is -0.139. The van der Waals surface area contributed by atoms with Gasteiger partial charge in [-0.15, -0.1) is 11.3 Å². The maximum absolute atomic E-state index is 12.1. The highest BCUT2D eigenvalue weighted by atomic mass is 32.1. The molecular weight excluding hydrogens is 340 g/mol. The van der Waals surface area contributed by atoms with Crippen molar-refractivity contribution in [1.82, 2.24) is 15.2 Å². The molecule has 1 heterocycles. The summed E-state index contributed by atoms with van der Waals surface area (Å²) in [6, 6.07) is 5.75. The van der Waals surface area contributed by atoms with Crippen LogP contribution in [0.2, 0.25) is 0 Å². The van der Waals surface area contributed by atoms with E-state index in [-0.39, 0.29) is 24.7 Å². The number of nitrogens with zero attached hydrogens (tertiary/aromatic N) is 2. The molecule has 1 aliphatic carbocycles. The van der Waals surface area contributed by atoms with E-state index in [1.165, 1.54) is 0 Å². The first-order valence-electron chi connectivity index (χ1n) is 8.35. The fourth-order valence-corrected chi connectivity index (χ4v) is 4.01. The smallest absolute Gasteiger partial charge is 0.319 e. The third-order valence-electron chi connectivity index (χ3n) is 4.46. The lowest BCUT2D eigenvalue weighted by Crippen LogP contribution is -2.55. The average molecular weight is 362 g/mol. The van der Waals surface area contributed by atoms with Crippen LogP contribution in [-0.4, -0.2) is 52.2 Å². The molecule has 0 atom stereocenters. The number of anilines is 1. The van der Waals surface area contributed by atoms with Gasteiger partial charge in [0, 0.05) is 17.8 Å². The summed E-state index contributed by atoms with van der Waals surface area (Å²) in [4.78, 5) is 29.3. The zero-order valence-electron chi connectivity index (χ0n) is 14.3. The van der Waals surface area contributed by atoms with E-state index in [1.54, 1.807) is 11.3 Å². The largest absolute Gasteiger partial charge is 0.480 e. The van der Waals surface area contributed by atoms with Gasteiger partial charge < -0.3 is 15.7 Å². The molecular formula is C17H22N4O3S. The number of likely N-dealkylation sites (N-methyl/N-ethyl adjacent to an activating group) is 1. The Balaban J connectivity index is 1.49. The van der Waals surface area contributed by atoms with Gasteiger partial charge in [-0.1, -0.05) is 6.92 Å². The molecule has 1 aromatic heterocycles. The summed E-state index contributed by atoms with van der Waals surface area (Å²) in [6.45, 7) is 4.66. The van der Waals surface area contributed by atoms with Gasteiger partial charge in [0.15, 0.2) is 0 Å². The van der Waals surface area contributed by atoms with E-state index >= 15 is 0 Å². The zero-order valence-corrected chi connectivity index (χ0v) is 15.1. The van der Waals surface area contributed by atoms with Crippen LogP contribution in [0.4, 0.5) is 10.5 Å². The number of benzene rings is 1. The number of thiazole rings is 1. The summed E-state index contributed by atoms with van der Waals surface area (Å²) >= 11 is 1.60. The molecule has 1 saturated carbocycles. The van der Waals surface area contributed by atoms with Crippen molar-refractivity contribution in [3.8, 4) is 0 Å². The highest BCUT2D eigenvalue weighted by Gasteiger charge is 2.34. The van der Waals surface area contributed by atoms with Crippen LogP contribution in [0, 0.1) is 6.92 Å². The number of aromatic nitrogens is 1. The maximum Gasteiger partial charge on any atom is 0.319 e. The Kier molecular flexibility index (Phi) is 5.19. The molecule has 7 nitrogen and oxygen atoms in total. The molecule has 3 N–H and O–H groups in total. The number of aliphatic carboxylic acids is 1. The number of carboxylic acid groups (broad SMARTS) is 1. The lowest BCUT2D eigenvalue weighted by Gasteiger charge is -2.42. The minimum absolute atomic E-state index is 0.0500. The summed E-state index contributed by atoms with van der Waals surface area (Å²) in [7, 11) is 0. The van der Waals surface area contributed by atoms with E-state index in [0.717, 1.165) is 33.8 Å². The number of aryl methyl sites for hydroxylation is 1. The van der Waals surface area contributed by atoms with E-state index in [1.807, 2.05) is 36.9 Å². The van der Waals surface area contributed by atoms with Crippen LogP contribution in [0.15, 0.2) is 18.2 Å². The molecule has 25 heavy (non-hydrogen) atoms. The maximum atomic E-state index is 12.1. The van der Waals surface area contributed by atoms with Gasteiger partial charge >= 0.3 is 12.0 Å². The molecule has 134 valence electrons. The molecule has 0 radical (unpaired) electrons. The molecule has 0 saturated heterocycles. The van der Waals surface area contributed by atoms with Gasteiger partial charge in [-0.2, -0.15) is 0 Å². The van der Waals surface area contributed by atoms with Crippen molar-refractivity contribution in [3.63, 3.8) is 0 Å². The van der Waals surface area contributed by atoms with Gasteiger partial charge in [0.1, 0.15) is 0 Å². The van der Waals surface area contributed by atoms with Gasteiger partial charge in [-0.3, -0.25) is 9.69 Å². The number of carboxylic acids is 1. The number of urea groups is 1. The van der Waals surface area contributed by atoms with Crippen LogP contribution < -0.4 is 10.6 Å². The van der Waals surface area contributed by atoms with Gasteiger partial charge in [-0.05, 0) is 44.5 Å². The predicted molar refractivity (Wildman–Crippen MR) is 98.2 cm³/mol. The van der Waals surface area contributed by atoms with E-state index in [0.29, 0.717) is 6.54 Å². The van der Waals surface area contributed by atoms with E-state index < -0.39 is 5.97 Å². The molecule has 8 heteroatoms. The van der Waals surface area contributed by atoms with Crippen LogP contribution in [0.3, 0.4) is 0 Å². The monoisotopic (exact) mass is 362 g/mol. The van der Waals surface area contributed by atoms with Crippen molar-refractivity contribution in [2.24, 2.45) is 0 Å². The van der Waals surface area contributed by atoms with Gasteiger partial charge in [-0.25, -0.2) is 9.78 Å². The standard InChI is InChI=1S/C17H22N4O3S/c1-3-21(9-16(22)23)13-6-12(7-13)20-17(24)19-11-4-5-14-15(8-11)25-10(2)18-14/h4-5,8,12-13H,3,6-7,9H2,1-2H3,(H,22,23)(H2,19,20,24). The Morgan fingerprint density at radius 2 is 2.16 bits per heavy atom. The molecule has 0 unspecified atom stereocenters. The van der Waals surface area contributed by atoms with Gasteiger partial charge in [0.25, 0.3) is 0 Å². The van der Waals surface area contributed by atoms with Crippen LogP contribution >= 0.6 is 11.3 Å². The summed E-state index contributed by atoms with van der Waals surface area (Å²) in [5.74, 6) is -0.815. The van der Waals surface area contributed by atoms with Gasteiger partial charge in [0.05, 0.1) is 21.8 Å². The Morgan fingerprint density at radius 3 is 2.84 bits per heavy atom. The van der Waals surface area contributed by atoms with Crippen LogP contribution in [-0.2, 0) is 4.79 Å². The fraction of sp³-hybridized carbons (Fsp3) is 0.471. The summed E-state index contributed by atoms with van der Waals surface area (Å²) < 4.78 is 1.05. The Morgan fingerprint density at radius 1 is 1.40 bits per heavy atom. The zero-order chi connectivity index (χ0) is 18.0. The van der Waals surface area contributed by atoms with Crippen molar-refractivity contribution in [2.45, 2.75) is 38.8 Å². The summed E-state index contributed by atoms with van der Waals surface area (Å²) in [6.07, 6.45) is 1.56. The second-order valence-corrected chi connectivity index (χ2v) is 7.53. The molecule has 2 aromatic rings. The van der Waals surface area contributed by atoms with Crippen molar-refractivity contribution < 1.29 is 14.7 Å². The second kappa shape index (κ2) is 7.37. The van der Waals surface area contributed by atoms with Crippen LogP contribution in [0.1, 0.15) is 24.8 Å². The summed E-state index contributed by atoms with van der Waals surface area (Å²) in [5, 5.41) is 15.7. The quantitative estimate of drug-likeness (QED) is 0.734. The van der Waals surface area contributed by atoms with E-state index in [4.69, 9.17) is 5.11 Å². The Hall–Kier alpha value is -2.19. The van der Waals surface area contributed by atoms with Crippen molar-refractivity contribution >= 4 is 39.2 Å². The second-order valence-electron chi connectivity index (χ2n) is 6.29. The van der Waals surface area contributed by atoms with E-state index in [9.17, 15) is 9.59 Å². The Bertz CT molecular complexity index is 785. The van der Waals surface area contributed by atoms with Crippen molar-refractivity contribution in [1.29, 1.82) is 0 Å². The molecule has 0 bridgehead atoms. The van der Waals surface area contributed by atoms with Crippen LogP contribution in [0.5, 0.6) is 0 Å².